The van der Waals surface area contributed by atoms with Gasteiger partial charge in [0.2, 0.25) is 5.82 Å². The van der Waals surface area contributed by atoms with Crippen LogP contribution in [0.1, 0.15) is 11.4 Å². The Morgan fingerprint density at radius 3 is 2.52 bits per heavy atom. The molecular weight excluding hydrogens is 361 g/mol. The number of imidazole rings is 1. The SMILES string of the molecule is Cc1ccccc1OCCn1c(C(F)(F)F)nc2cc3c(cc21)OCCO3. The number of alkyl halides is 3. The fourth-order valence-electron chi connectivity index (χ4n) is 3.07. The summed E-state index contributed by atoms with van der Waals surface area (Å²) in [6.45, 7) is 2.67. The lowest BCUT2D eigenvalue weighted by Crippen LogP contribution is -2.18. The van der Waals surface area contributed by atoms with E-state index in [2.05, 4.69) is 4.98 Å². The van der Waals surface area contributed by atoms with Crippen molar-refractivity contribution in [3.8, 4) is 17.2 Å². The molecule has 0 unspecified atom stereocenters. The van der Waals surface area contributed by atoms with Crippen LogP contribution >= 0.6 is 0 Å². The Kier molecular flexibility index (Phi) is 4.33. The summed E-state index contributed by atoms with van der Waals surface area (Å²) in [7, 11) is 0. The summed E-state index contributed by atoms with van der Waals surface area (Å²) in [5, 5.41) is 0. The molecule has 0 amide bonds. The number of nitrogens with zero attached hydrogens (tertiary/aromatic N) is 2. The van der Waals surface area contributed by atoms with Crippen LogP contribution in [0.3, 0.4) is 0 Å². The first-order chi connectivity index (χ1) is 12.9. The average Bonchev–Trinajstić information content (AvgIpc) is 2.99. The van der Waals surface area contributed by atoms with E-state index >= 15 is 0 Å². The van der Waals surface area contributed by atoms with Crippen molar-refractivity contribution < 1.29 is 27.4 Å². The van der Waals surface area contributed by atoms with Gasteiger partial charge in [-0.15, -0.1) is 0 Å². The van der Waals surface area contributed by atoms with E-state index in [0.29, 0.717) is 36.0 Å². The van der Waals surface area contributed by atoms with E-state index in [4.69, 9.17) is 14.2 Å². The highest BCUT2D eigenvalue weighted by Crippen LogP contribution is 2.38. The standard InChI is InChI=1S/C19H17F3N2O3/c1-12-4-2-3-5-15(12)25-7-6-24-14-11-17-16(26-8-9-27-17)10-13(14)23-18(24)19(20,21)22/h2-5,10-11H,6-9H2,1H3. The molecule has 0 N–H and O–H groups in total. The van der Waals surface area contributed by atoms with Crippen LogP contribution < -0.4 is 14.2 Å². The monoisotopic (exact) mass is 378 g/mol. The maximum Gasteiger partial charge on any atom is 0.449 e. The Bertz CT molecular complexity index is 982. The molecule has 0 spiro atoms. The van der Waals surface area contributed by atoms with Crippen molar-refractivity contribution in [2.75, 3.05) is 19.8 Å². The number of ether oxygens (including phenoxy) is 3. The summed E-state index contributed by atoms with van der Waals surface area (Å²) in [5.74, 6) is 0.504. The summed E-state index contributed by atoms with van der Waals surface area (Å²) in [4.78, 5) is 3.78. The van der Waals surface area contributed by atoms with Crippen LogP contribution in [0.2, 0.25) is 0 Å². The Morgan fingerprint density at radius 2 is 1.81 bits per heavy atom. The van der Waals surface area contributed by atoms with Crippen LogP contribution in [0.4, 0.5) is 13.2 Å². The van der Waals surface area contributed by atoms with E-state index < -0.39 is 12.0 Å². The lowest BCUT2D eigenvalue weighted by Gasteiger charge is -2.18. The van der Waals surface area contributed by atoms with Gasteiger partial charge in [0.15, 0.2) is 11.5 Å². The fourth-order valence-corrected chi connectivity index (χ4v) is 3.07. The van der Waals surface area contributed by atoms with Gasteiger partial charge in [0.25, 0.3) is 0 Å². The van der Waals surface area contributed by atoms with E-state index in [-0.39, 0.29) is 18.7 Å². The third-order valence-corrected chi connectivity index (χ3v) is 4.33. The molecule has 1 aliphatic rings. The first-order valence-electron chi connectivity index (χ1n) is 8.49. The normalized spacial score (nSPS) is 13.8. The first-order valence-corrected chi connectivity index (χ1v) is 8.49. The molecule has 0 radical (unpaired) electrons. The number of hydrogen-bond donors (Lipinski definition) is 0. The zero-order valence-electron chi connectivity index (χ0n) is 14.5. The van der Waals surface area contributed by atoms with Gasteiger partial charge in [-0.05, 0) is 18.6 Å². The lowest BCUT2D eigenvalue weighted by molar-refractivity contribution is -0.147. The predicted octanol–water partition coefficient (Wildman–Crippen LogP) is 4.21. The zero-order chi connectivity index (χ0) is 19.0. The van der Waals surface area contributed by atoms with Crippen molar-refractivity contribution in [1.29, 1.82) is 0 Å². The maximum absolute atomic E-state index is 13.5. The van der Waals surface area contributed by atoms with E-state index in [1.807, 2.05) is 25.1 Å². The third-order valence-electron chi connectivity index (χ3n) is 4.33. The Balaban J connectivity index is 1.67. The highest BCUT2D eigenvalue weighted by molar-refractivity contribution is 5.81. The van der Waals surface area contributed by atoms with Gasteiger partial charge in [-0.25, -0.2) is 4.98 Å². The minimum absolute atomic E-state index is 0.000673. The number of rotatable bonds is 4. The molecule has 1 aromatic heterocycles. The minimum Gasteiger partial charge on any atom is -0.491 e. The Morgan fingerprint density at radius 1 is 1.11 bits per heavy atom. The van der Waals surface area contributed by atoms with E-state index in [1.54, 1.807) is 12.1 Å². The molecule has 0 aliphatic carbocycles. The number of benzene rings is 2. The maximum atomic E-state index is 13.5. The lowest BCUT2D eigenvalue weighted by atomic mass is 10.2. The van der Waals surface area contributed by atoms with Crippen LogP contribution in [-0.2, 0) is 12.7 Å². The molecule has 2 heterocycles. The molecule has 3 aromatic rings. The zero-order valence-corrected chi connectivity index (χ0v) is 14.5. The number of aryl methyl sites for hydroxylation is 1. The predicted molar refractivity (Wildman–Crippen MR) is 92.4 cm³/mol. The molecule has 8 heteroatoms. The Hall–Kier alpha value is -2.90. The van der Waals surface area contributed by atoms with Gasteiger partial charge in [0, 0.05) is 12.1 Å². The molecule has 1 aliphatic heterocycles. The van der Waals surface area contributed by atoms with Gasteiger partial charge in [0.1, 0.15) is 25.6 Å². The minimum atomic E-state index is -4.58. The molecule has 142 valence electrons. The number of fused-ring (bicyclic) bond motifs is 2. The molecule has 0 atom stereocenters. The summed E-state index contributed by atoms with van der Waals surface area (Å²) >= 11 is 0. The third kappa shape index (κ3) is 3.39. The second-order valence-electron chi connectivity index (χ2n) is 6.18. The molecule has 0 fully saturated rings. The largest absolute Gasteiger partial charge is 0.491 e. The molecule has 2 aromatic carbocycles. The van der Waals surface area contributed by atoms with Gasteiger partial charge in [0.05, 0.1) is 17.6 Å². The van der Waals surface area contributed by atoms with Crippen molar-refractivity contribution in [1.82, 2.24) is 9.55 Å². The van der Waals surface area contributed by atoms with E-state index in [1.165, 1.54) is 6.07 Å². The molecule has 0 bridgehead atoms. The fraction of sp³-hybridized carbons (Fsp3) is 0.316. The second kappa shape index (κ2) is 6.68. The summed E-state index contributed by atoms with van der Waals surface area (Å²) in [6.07, 6.45) is -4.58. The number of aromatic nitrogens is 2. The van der Waals surface area contributed by atoms with Crippen molar-refractivity contribution in [3.05, 3.63) is 47.8 Å². The number of para-hydroxylation sites is 1. The van der Waals surface area contributed by atoms with Gasteiger partial charge in [-0.1, -0.05) is 18.2 Å². The summed E-state index contributed by atoms with van der Waals surface area (Å²) in [6, 6.07) is 10.4. The first kappa shape index (κ1) is 17.5. The van der Waals surface area contributed by atoms with Gasteiger partial charge in [-0.3, -0.25) is 0 Å². The van der Waals surface area contributed by atoms with Crippen LogP contribution in [0.5, 0.6) is 17.2 Å². The highest BCUT2D eigenvalue weighted by Gasteiger charge is 2.38. The van der Waals surface area contributed by atoms with Crippen molar-refractivity contribution in [3.63, 3.8) is 0 Å². The number of hydrogen-bond acceptors (Lipinski definition) is 4. The average molecular weight is 378 g/mol. The van der Waals surface area contributed by atoms with Gasteiger partial charge >= 0.3 is 6.18 Å². The molecule has 27 heavy (non-hydrogen) atoms. The molecule has 0 saturated heterocycles. The van der Waals surface area contributed by atoms with Crippen LogP contribution in [0.15, 0.2) is 36.4 Å². The molecule has 5 nitrogen and oxygen atoms in total. The van der Waals surface area contributed by atoms with Crippen LogP contribution in [0, 0.1) is 6.92 Å². The van der Waals surface area contributed by atoms with Gasteiger partial charge < -0.3 is 18.8 Å². The molecule has 4 rings (SSSR count). The highest BCUT2D eigenvalue weighted by atomic mass is 19.4. The summed E-state index contributed by atoms with van der Waals surface area (Å²) < 4.78 is 58.2. The molecular formula is C19H17F3N2O3. The van der Waals surface area contributed by atoms with Crippen molar-refractivity contribution >= 4 is 11.0 Å². The van der Waals surface area contributed by atoms with Crippen LogP contribution in [-0.4, -0.2) is 29.4 Å². The second-order valence-corrected chi connectivity index (χ2v) is 6.18. The van der Waals surface area contributed by atoms with E-state index in [9.17, 15) is 13.2 Å². The quantitative estimate of drug-likeness (QED) is 0.682. The van der Waals surface area contributed by atoms with Crippen molar-refractivity contribution in [2.45, 2.75) is 19.6 Å². The molecule has 0 saturated carbocycles. The van der Waals surface area contributed by atoms with Gasteiger partial charge in [-0.2, -0.15) is 13.2 Å². The smallest absolute Gasteiger partial charge is 0.449 e. The van der Waals surface area contributed by atoms with E-state index in [0.717, 1.165) is 10.1 Å². The van der Waals surface area contributed by atoms with Crippen LogP contribution in [0.25, 0.3) is 11.0 Å². The number of halogens is 3. The summed E-state index contributed by atoms with van der Waals surface area (Å²) in [5.41, 5.74) is 1.46. The Labute approximate surface area is 153 Å². The van der Waals surface area contributed by atoms with Crippen molar-refractivity contribution in [2.24, 2.45) is 0 Å². The topological polar surface area (TPSA) is 45.5 Å².